The van der Waals surface area contributed by atoms with Crippen molar-refractivity contribution >= 4 is 60.7 Å². The number of ether oxygens (including phenoxy) is 3. The van der Waals surface area contributed by atoms with E-state index in [1.165, 1.54) is 0 Å². The Morgan fingerprint density at radius 1 is 0.825 bits per heavy atom. The van der Waals surface area contributed by atoms with Crippen LogP contribution in [0, 0.1) is 0 Å². The third-order valence-electron chi connectivity index (χ3n) is 11.0. The van der Waals surface area contributed by atoms with E-state index in [9.17, 15) is 4.79 Å². The van der Waals surface area contributed by atoms with Crippen LogP contribution in [0.4, 0.5) is 4.79 Å². The zero-order chi connectivity index (χ0) is 40.7. The van der Waals surface area contributed by atoms with Gasteiger partial charge in [0.2, 0.25) is 0 Å². The molecule has 0 spiro atoms. The number of nitrogens with zero attached hydrogens (tertiary/aromatic N) is 2. The van der Waals surface area contributed by atoms with E-state index in [4.69, 9.17) is 53.4 Å². The molecule has 0 radical (unpaired) electrons. The van der Waals surface area contributed by atoms with E-state index in [1.54, 1.807) is 17.0 Å². The summed E-state index contributed by atoms with van der Waals surface area (Å²) in [5.41, 5.74) is 3.87. The van der Waals surface area contributed by atoms with E-state index in [0.29, 0.717) is 58.3 Å². The zero-order valence-electron chi connectivity index (χ0n) is 33.2. The molecule has 4 aromatic rings. The summed E-state index contributed by atoms with van der Waals surface area (Å²) in [4.78, 5) is 33.0. The van der Waals surface area contributed by atoms with Crippen molar-refractivity contribution in [1.82, 2.24) is 9.80 Å². The smallest absolute Gasteiger partial charge is 0.410 e. The minimum atomic E-state index is -2.34. The normalized spacial score (nSPS) is 16.0. The van der Waals surface area contributed by atoms with Gasteiger partial charge in [-0.2, -0.15) is 0 Å². The molecule has 1 aliphatic carbocycles. The number of hydrogen-bond acceptors (Lipinski definition) is 6. The molecular formula is C45H51Cl3N2O6Si. The predicted octanol–water partition coefficient (Wildman–Crippen LogP) is 11.5. The van der Waals surface area contributed by atoms with Crippen LogP contribution >= 0.6 is 34.8 Å². The molecule has 1 atom stereocenters. The molecule has 2 amide bonds. The number of carbonyl (C=O) groups excluding carboxylic acids is 2. The molecule has 1 fully saturated rings. The maximum atomic E-state index is 15.3. The van der Waals surface area contributed by atoms with E-state index in [-0.39, 0.29) is 36.7 Å². The van der Waals surface area contributed by atoms with E-state index >= 15 is 4.79 Å². The van der Waals surface area contributed by atoms with Crippen LogP contribution in [0.3, 0.4) is 0 Å². The Balaban J connectivity index is 1.35. The van der Waals surface area contributed by atoms with Gasteiger partial charge in [-0.15, -0.1) is 0 Å². The fraction of sp³-hybridized carbons (Fsp3) is 0.378. The quantitative estimate of drug-likeness (QED) is 0.0876. The van der Waals surface area contributed by atoms with Crippen LogP contribution in [0.2, 0.25) is 33.2 Å². The lowest BCUT2D eigenvalue weighted by atomic mass is 9.87. The van der Waals surface area contributed by atoms with Gasteiger partial charge in [-0.25, -0.2) is 4.79 Å². The number of halogens is 3. The molecular weight excluding hydrogens is 799 g/mol. The van der Waals surface area contributed by atoms with Gasteiger partial charge in [-0.05, 0) is 90.0 Å². The van der Waals surface area contributed by atoms with Crippen molar-refractivity contribution < 1.29 is 28.2 Å². The number of para-hydroxylation sites is 1. The van der Waals surface area contributed by atoms with Crippen LogP contribution < -0.4 is 9.47 Å². The van der Waals surface area contributed by atoms with Crippen molar-refractivity contribution in [2.45, 2.75) is 83.4 Å². The Morgan fingerprint density at radius 2 is 1.49 bits per heavy atom. The highest BCUT2D eigenvalue weighted by molar-refractivity contribution is 6.74. The van der Waals surface area contributed by atoms with E-state index in [2.05, 4.69) is 33.9 Å². The molecule has 0 saturated heterocycles. The molecule has 4 aromatic carbocycles. The molecule has 12 heteroatoms. The van der Waals surface area contributed by atoms with Crippen LogP contribution in [0.1, 0.15) is 56.7 Å². The van der Waals surface area contributed by atoms with Gasteiger partial charge in [0.15, 0.2) is 8.32 Å². The van der Waals surface area contributed by atoms with Gasteiger partial charge < -0.3 is 23.5 Å². The van der Waals surface area contributed by atoms with Gasteiger partial charge in [0.05, 0.1) is 27.7 Å². The molecule has 1 unspecified atom stereocenters. The average molecular weight is 850 g/mol. The van der Waals surface area contributed by atoms with E-state index in [1.807, 2.05) is 89.8 Å². The van der Waals surface area contributed by atoms with Crippen LogP contribution in [0.15, 0.2) is 103 Å². The lowest BCUT2D eigenvalue weighted by Crippen LogP contribution is -2.53. The van der Waals surface area contributed by atoms with Crippen molar-refractivity contribution in [2.75, 3.05) is 26.4 Å². The van der Waals surface area contributed by atoms with Crippen LogP contribution in [-0.4, -0.2) is 68.6 Å². The average Bonchev–Trinajstić information content (AvgIpc) is 4.04. The largest absolute Gasteiger partial charge is 0.490 e. The molecule has 302 valence electrons. The highest BCUT2D eigenvalue weighted by Gasteiger charge is 2.45. The fourth-order valence-electron chi connectivity index (χ4n) is 6.54. The predicted molar refractivity (Wildman–Crippen MR) is 231 cm³/mol. The first kappa shape index (κ1) is 42.6. The summed E-state index contributed by atoms with van der Waals surface area (Å²) in [7, 11) is -2.34. The first-order chi connectivity index (χ1) is 27.2. The summed E-state index contributed by atoms with van der Waals surface area (Å²) in [6.45, 7) is 12.4. The third-order valence-corrected chi connectivity index (χ3v) is 16.7. The van der Waals surface area contributed by atoms with Crippen LogP contribution in [0.25, 0.3) is 5.57 Å². The Bertz CT molecular complexity index is 2050. The standard InChI is InChI=1S/C45H51Cl3N2O6Si/c1-45(2,3)57(4,5)56-30-39-41(43(51)50(34-20-21-34)28-33-14-11-16-38(47)42(33)48)36(24-25-49(39)44(52)55-29-31-12-7-6-8-13-31)32-18-22-35(23-19-32)53-26-27-54-40-17-10-9-15-37(40)46/h6-19,22-23,34,39H,20-21,24-30H2,1-5H3. The number of carbonyl (C=O) groups is 2. The Labute approximate surface area is 352 Å². The number of rotatable bonds is 15. The van der Waals surface area contributed by atoms with Gasteiger partial charge in [-0.3, -0.25) is 9.69 Å². The van der Waals surface area contributed by atoms with E-state index < -0.39 is 20.5 Å². The highest BCUT2D eigenvalue weighted by atomic mass is 35.5. The van der Waals surface area contributed by atoms with Gasteiger partial charge in [0.1, 0.15) is 31.3 Å². The summed E-state index contributed by atoms with van der Waals surface area (Å²) in [6, 6.07) is 29.4. The SMILES string of the molecule is CC(C)(C)[Si](C)(C)OCC1C(C(=O)N(Cc2cccc(Cl)c2Cl)C2CC2)=C(c2ccc(OCCOc3ccccc3Cl)cc2)CCN1C(=O)OCc1ccccc1. The lowest BCUT2D eigenvalue weighted by molar-refractivity contribution is -0.129. The minimum Gasteiger partial charge on any atom is -0.490 e. The Morgan fingerprint density at radius 3 is 2.18 bits per heavy atom. The zero-order valence-corrected chi connectivity index (χ0v) is 36.5. The Hall–Kier alpha value is -3.99. The topological polar surface area (TPSA) is 77.5 Å². The second-order valence-corrected chi connectivity index (χ2v) is 22.0. The molecule has 0 bridgehead atoms. The minimum absolute atomic E-state index is 0.0208. The summed E-state index contributed by atoms with van der Waals surface area (Å²) >= 11 is 19.4. The lowest BCUT2D eigenvalue weighted by Gasteiger charge is -2.42. The molecule has 1 heterocycles. The van der Waals surface area contributed by atoms with Gasteiger partial charge in [0, 0.05) is 24.7 Å². The summed E-state index contributed by atoms with van der Waals surface area (Å²) < 4.78 is 24.6. The first-order valence-corrected chi connectivity index (χ1v) is 23.5. The molecule has 57 heavy (non-hydrogen) atoms. The second-order valence-electron chi connectivity index (χ2n) is 16.0. The second kappa shape index (κ2) is 18.7. The fourth-order valence-corrected chi connectivity index (χ4v) is 8.11. The van der Waals surface area contributed by atoms with Crippen LogP contribution in [-0.2, 0) is 27.1 Å². The molecule has 2 aliphatic rings. The number of benzene rings is 4. The molecule has 6 rings (SSSR count). The maximum absolute atomic E-state index is 15.3. The summed E-state index contributed by atoms with van der Waals surface area (Å²) in [6.07, 6.45) is 1.67. The summed E-state index contributed by atoms with van der Waals surface area (Å²) in [5.74, 6) is 1.09. The summed E-state index contributed by atoms with van der Waals surface area (Å²) in [5, 5.41) is 1.29. The number of hydrogen-bond donors (Lipinski definition) is 0. The maximum Gasteiger partial charge on any atom is 0.410 e. The molecule has 1 saturated carbocycles. The van der Waals surface area contributed by atoms with Gasteiger partial charge >= 0.3 is 6.09 Å². The number of amides is 2. The third kappa shape index (κ3) is 10.7. The van der Waals surface area contributed by atoms with Gasteiger partial charge in [-0.1, -0.05) is 122 Å². The molecule has 1 aliphatic heterocycles. The van der Waals surface area contributed by atoms with Crippen molar-refractivity contribution in [3.8, 4) is 11.5 Å². The highest BCUT2D eigenvalue weighted by Crippen LogP contribution is 2.41. The monoisotopic (exact) mass is 848 g/mol. The van der Waals surface area contributed by atoms with Crippen molar-refractivity contribution in [2.24, 2.45) is 0 Å². The van der Waals surface area contributed by atoms with E-state index in [0.717, 1.165) is 35.1 Å². The van der Waals surface area contributed by atoms with Crippen molar-refractivity contribution in [1.29, 1.82) is 0 Å². The molecule has 8 nitrogen and oxygen atoms in total. The van der Waals surface area contributed by atoms with Gasteiger partial charge in [0.25, 0.3) is 5.91 Å². The molecule has 0 aromatic heterocycles. The van der Waals surface area contributed by atoms with Crippen molar-refractivity contribution in [3.63, 3.8) is 0 Å². The molecule has 0 N–H and O–H groups in total. The van der Waals surface area contributed by atoms with Crippen LogP contribution in [0.5, 0.6) is 11.5 Å². The first-order valence-electron chi connectivity index (χ1n) is 19.4. The Kier molecular flexibility index (Phi) is 14.0. The van der Waals surface area contributed by atoms with Crippen molar-refractivity contribution in [3.05, 3.63) is 134 Å².